The van der Waals surface area contributed by atoms with Crippen LogP contribution in [0.4, 0.5) is 0 Å². The molecule has 0 spiro atoms. The fourth-order valence-electron chi connectivity index (χ4n) is 2.03. The van der Waals surface area contributed by atoms with Gasteiger partial charge in [-0.15, -0.1) is 0 Å². The van der Waals surface area contributed by atoms with Crippen molar-refractivity contribution in [3.63, 3.8) is 0 Å². The molecule has 1 fully saturated rings. The summed E-state index contributed by atoms with van der Waals surface area (Å²) in [6.07, 6.45) is 0.753. The smallest absolute Gasteiger partial charge is 0.264 e. The van der Waals surface area contributed by atoms with Gasteiger partial charge in [0.05, 0.1) is 11.7 Å². The van der Waals surface area contributed by atoms with Gasteiger partial charge >= 0.3 is 0 Å². The van der Waals surface area contributed by atoms with E-state index in [1.807, 2.05) is 13.8 Å². The number of alkyl halides is 1. The molecule has 1 saturated carbocycles. The Morgan fingerprint density at radius 3 is 2.18 bits per heavy atom. The highest BCUT2D eigenvalue weighted by Crippen LogP contribution is 2.47. The zero-order valence-corrected chi connectivity index (χ0v) is 13.2. The summed E-state index contributed by atoms with van der Waals surface area (Å²) in [4.78, 5) is 11.9. The second-order valence-corrected chi connectivity index (χ2v) is 8.52. The monoisotopic (exact) mass is 326 g/mol. The Morgan fingerprint density at radius 1 is 1.29 bits per heavy atom. The van der Waals surface area contributed by atoms with E-state index in [1.54, 1.807) is 13.8 Å². The summed E-state index contributed by atoms with van der Waals surface area (Å²) in [5, 5.41) is 0. The molecule has 0 unspecified atom stereocenters. The second-order valence-electron chi connectivity index (χ2n) is 5.93. The molecule has 2 atom stereocenters. The maximum atomic E-state index is 12.1. The van der Waals surface area contributed by atoms with E-state index in [0.29, 0.717) is 6.42 Å². The van der Waals surface area contributed by atoms with Gasteiger partial charge in [-0.3, -0.25) is 8.98 Å². The largest absolute Gasteiger partial charge is 0.299 e. The zero-order chi connectivity index (χ0) is 13.6. The van der Waals surface area contributed by atoms with Crippen LogP contribution in [0.15, 0.2) is 0 Å². The molecule has 0 heterocycles. The summed E-state index contributed by atoms with van der Waals surface area (Å²) in [6, 6.07) is 0. The van der Waals surface area contributed by atoms with Gasteiger partial charge in [0.1, 0.15) is 11.9 Å². The molecule has 0 aromatic rings. The molecule has 1 rings (SSSR count). The summed E-state index contributed by atoms with van der Waals surface area (Å²) < 4.78 is 27.7. The molecular weight excluding hydrogens is 308 g/mol. The average molecular weight is 327 g/mol. The number of carbonyl (C=O) groups is 1. The summed E-state index contributed by atoms with van der Waals surface area (Å²) >= 11 is 3.49. The minimum atomic E-state index is -3.58. The Bertz CT molecular complexity index is 425. The van der Waals surface area contributed by atoms with Crippen LogP contribution in [0.1, 0.15) is 34.1 Å². The van der Waals surface area contributed by atoms with Gasteiger partial charge in [0, 0.05) is 11.2 Å². The molecule has 6 heteroatoms. The predicted octanol–water partition coefficient (Wildman–Crippen LogP) is 2.12. The molecule has 0 aliphatic heterocycles. The standard InChI is InChI=1S/C11H19BrO4S/c1-10(2)6-7(13)11(3,4)9(8(10)12)16-17(5,14)15/h8-9H,6H2,1-5H3/t8-,9-/m1/s1. The Labute approximate surface area is 111 Å². The molecule has 1 aliphatic rings. The number of halogens is 1. The second kappa shape index (κ2) is 4.31. The molecule has 0 N–H and O–H groups in total. The van der Waals surface area contributed by atoms with E-state index in [0.717, 1.165) is 6.26 Å². The lowest BCUT2D eigenvalue weighted by Crippen LogP contribution is -2.56. The van der Waals surface area contributed by atoms with E-state index in [-0.39, 0.29) is 16.0 Å². The highest BCUT2D eigenvalue weighted by Gasteiger charge is 2.53. The third-order valence-corrected chi connectivity index (χ3v) is 5.61. The fraction of sp³-hybridized carbons (Fsp3) is 0.909. The van der Waals surface area contributed by atoms with E-state index < -0.39 is 21.6 Å². The van der Waals surface area contributed by atoms with Crippen molar-refractivity contribution in [3.05, 3.63) is 0 Å². The molecule has 100 valence electrons. The van der Waals surface area contributed by atoms with Crippen LogP contribution >= 0.6 is 15.9 Å². The molecule has 0 bridgehead atoms. The minimum Gasteiger partial charge on any atom is -0.299 e. The molecule has 0 aromatic carbocycles. The fourth-order valence-corrected chi connectivity index (χ4v) is 3.83. The van der Waals surface area contributed by atoms with Crippen molar-refractivity contribution in [3.8, 4) is 0 Å². The average Bonchev–Trinajstić information content (AvgIpc) is 2.08. The van der Waals surface area contributed by atoms with Crippen LogP contribution < -0.4 is 0 Å². The molecule has 0 amide bonds. The topological polar surface area (TPSA) is 60.4 Å². The number of carbonyl (C=O) groups excluding carboxylic acids is 1. The summed E-state index contributed by atoms with van der Waals surface area (Å²) in [5.41, 5.74) is -1.12. The lowest BCUT2D eigenvalue weighted by atomic mass is 9.64. The Hall–Kier alpha value is 0.0600. The van der Waals surface area contributed by atoms with Gasteiger partial charge in [0.25, 0.3) is 10.1 Å². The number of Topliss-reactive ketones (excluding diaryl/α,β-unsaturated/α-hetero) is 1. The highest BCUT2D eigenvalue weighted by atomic mass is 79.9. The van der Waals surface area contributed by atoms with Crippen molar-refractivity contribution in [1.29, 1.82) is 0 Å². The van der Waals surface area contributed by atoms with Crippen LogP contribution in [0.2, 0.25) is 0 Å². The molecule has 0 saturated heterocycles. The van der Waals surface area contributed by atoms with Gasteiger partial charge < -0.3 is 0 Å². The van der Waals surface area contributed by atoms with Gasteiger partial charge in [0.2, 0.25) is 0 Å². The Kier molecular flexibility index (Phi) is 3.84. The summed E-state index contributed by atoms with van der Waals surface area (Å²) in [7, 11) is -3.58. The zero-order valence-electron chi connectivity index (χ0n) is 10.8. The number of hydrogen-bond donors (Lipinski definition) is 0. The van der Waals surface area contributed by atoms with Crippen molar-refractivity contribution < 1.29 is 17.4 Å². The predicted molar refractivity (Wildman–Crippen MR) is 69.6 cm³/mol. The van der Waals surface area contributed by atoms with E-state index in [9.17, 15) is 13.2 Å². The van der Waals surface area contributed by atoms with Crippen molar-refractivity contribution in [2.45, 2.75) is 45.0 Å². The Balaban J connectivity index is 3.16. The third-order valence-electron chi connectivity index (χ3n) is 3.34. The van der Waals surface area contributed by atoms with Gasteiger partial charge in [-0.1, -0.05) is 43.6 Å². The van der Waals surface area contributed by atoms with Crippen LogP contribution in [0.3, 0.4) is 0 Å². The van der Waals surface area contributed by atoms with Gasteiger partial charge in [-0.2, -0.15) is 8.42 Å². The van der Waals surface area contributed by atoms with E-state index in [4.69, 9.17) is 4.18 Å². The lowest BCUT2D eigenvalue weighted by molar-refractivity contribution is -0.139. The minimum absolute atomic E-state index is 0.0341. The van der Waals surface area contributed by atoms with Gasteiger partial charge in [0.15, 0.2) is 0 Å². The van der Waals surface area contributed by atoms with Crippen molar-refractivity contribution >= 4 is 31.8 Å². The summed E-state index contributed by atoms with van der Waals surface area (Å²) in [6.45, 7) is 7.32. The molecule has 4 nitrogen and oxygen atoms in total. The molecule has 0 aromatic heterocycles. The van der Waals surface area contributed by atoms with Crippen LogP contribution in [0.25, 0.3) is 0 Å². The van der Waals surface area contributed by atoms with Gasteiger partial charge in [-0.05, 0) is 5.41 Å². The van der Waals surface area contributed by atoms with E-state index in [1.165, 1.54) is 0 Å². The van der Waals surface area contributed by atoms with Crippen LogP contribution in [-0.4, -0.2) is 31.4 Å². The van der Waals surface area contributed by atoms with Gasteiger partial charge in [-0.25, -0.2) is 0 Å². The third kappa shape index (κ3) is 3.09. The first-order valence-electron chi connectivity index (χ1n) is 5.43. The lowest BCUT2D eigenvalue weighted by Gasteiger charge is -2.47. The maximum Gasteiger partial charge on any atom is 0.264 e. The first-order valence-corrected chi connectivity index (χ1v) is 8.17. The molecular formula is C11H19BrO4S. The number of ketones is 1. The maximum absolute atomic E-state index is 12.1. The molecule has 1 aliphatic carbocycles. The Morgan fingerprint density at radius 2 is 1.76 bits per heavy atom. The highest BCUT2D eigenvalue weighted by molar-refractivity contribution is 9.09. The van der Waals surface area contributed by atoms with E-state index in [2.05, 4.69) is 15.9 Å². The van der Waals surface area contributed by atoms with Crippen molar-refractivity contribution in [2.24, 2.45) is 10.8 Å². The summed E-state index contributed by atoms with van der Waals surface area (Å²) in [5.74, 6) is 0.0341. The molecule has 17 heavy (non-hydrogen) atoms. The van der Waals surface area contributed by atoms with E-state index >= 15 is 0 Å². The quantitative estimate of drug-likeness (QED) is 0.576. The van der Waals surface area contributed by atoms with Crippen LogP contribution in [0, 0.1) is 10.8 Å². The van der Waals surface area contributed by atoms with Crippen molar-refractivity contribution in [1.82, 2.24) is 0 Å². The normalized spacial score (nSPS) is 32.5. The number of rotatable bonds is 2. The first kappa shape index (κ1) is 15.1. The molecule has 0 radical (unpaired) electrons. The van der Waals surface area contributed by atoms with Crippen LogP contribution in [-0.2, 0) is 19.1 Å². The number of hydrogen-bond acceptors (Lipinski definition) is 4. The van der Waals surface area contributed by atoms with Crippen molar-refractivity contribution in [2.75, 3.05) is 6.26 Å². The van der Waals surface area contributed by atoms with Crippen LogP contribution in [0.5, 0.6) is 0 Å². The SMILES string of the molecule is CC1(C)CC(=O)C(C)(C)[C@H](OS(C)(=O)=O)[C@H]1Br. The first-order chi connectivity index (χ1) is 7.38.